The molecule has 5 nitrogen and oxygen atoms in total. The second-order valence-corrected chi connectivity index (χ2v) is 4.29. The van der Waals surface area contributed by atoms with Crippen molar-refractivity contribution in [1.29, 1.82) is 0 Å². The zero-order valence-corrected chi connectivity index (χ0v) is 11.9. The monoisotopic (exact) mass is 267 g/mol. The average Bonchev–Trinajstić information content (AvgIpc) is 2.40. The quantitative estimate of drug-likeness (QED) is 0.632. The summed E-state index contributed by atoms with van der Waals surface area (Å²) in [5.74, 6) is 0.787. The van der Waals surface area contributed by atoms with E-state index in [0.29, 0.717) is 22.7 Å². The lowest BCUT2D eigenvalue weighted by molar-refractivity contribution is -0.147. The number of carbonyl (C=O) groups excluding carboxylic acids is 1. The highest BCUT2D eigenvalue weighted by Crippen LogP contribution is 2.32. The fraction of sp³-hybridized carbons (Fsp3) is 0.500. The van der Waals surface area contributed by atoms with Crippen LogP contribution in [0.3, 0.4) is 0 Å². The summed E-state index contributed by atoms with van der Waals surface area (Å²) in [6, 6.07) is 3.34. The zero-order valence-electron chi connectivity index (χ0n) is 11.9. The maximum Gasteiger partial charge on any atom is 0.310 e. The number of methoxy groups -OCH3 is 2. The van der Waals surface area contributed by atoms with Gasteiger partial charge in [0.25, 0.3) is 0 Å². The first-order valence-corrected chi connectivity index (χ1v) is 6.21. The van der Waals surface area contributed by atoms with E-state index in [0.717, 1.165) is 6.42 Å². The molecule has 1 aromatic carbocycles. The Labute approximate surface area is 113 Å². The Morgan fingerprint density at radius 1 is 1.26 bits per heavy atom. The molecule has 0 saturated carbocycles. The normalized spacial score (nSPS) is 11.8. The van der Waals surface area contributed by atoms with E-state index in [1.54, 1.807) is 12.1 Å². The van der Waals surface area contributed by atoms with Crippen molar-refractivity contribution in [2.24, 2.45) is 0 Å². The molecular weight excluding hydrogens is 246 g/mol. The predicted molar refractivity (Wildman–Crippen MR) is 73.5 cm³/mol. The van der Waals surface area contributed by atoms with Crippen LogP contribution in [-0.2, 0) is 16.0 Å². The van der Waals surface area contributed by atoms with Crippen molar-refractivity contribution in [3.63, 3.8) is 0 Å². The molecule has 0 bridgehead atoms. The molecule has 106 valence electrons. The van der Waals surface area contributed by atoms with Crippen LogP contribution >= 0.6 is 0 Å². The molecule has 1 aromatic rings. The fourth-order valence-corrected chi connectivity index (χ4v) is 1.59. The van der Waals surface area contributed by atoms with Crippen molar-refractivity contribution < 1.29 is 19.0 Å². The molecule has 0 aliphatic rings. The van der Waals surface area contributed by atoms with Crippen LogP contribution in [0.2, 0.25) is 0 Å². The van der Waals surface area contributed by atoms with Crippen molar-refractivity contribution >= 4 is 11.7 Å². The van der Waals surface area contributed by atoms with Gasteiger partial charge in [0.15, 0.2) is 11.5 Å². The van der Waals surface area contributed by atoms with Gasteiger partial charge < -0.3 is 19.9 Å². The zero-order chi connectivity index (χ0) is 14.4. The van der Waals surface area contributed by atoms with Crippen LogP contribution in [-0.4, -0.2) is 26.3 Å². The molecule has 1 rings (SSSR count). The fourth-order valence-electron chi connectivity index (χ4n) is 1.59. The number of ether oxygens (including phenoxy) is 3. The summed E-state index contributed by atoms with van der Waals surface area (Å²) in [6.07, 6.45) is 0.817. The Morgan fingerprint density at radius 2 is 1.84 bits per heavy atom. The van der Waals surface area contributed by atoms with Crippen LogP contribution in [0.1, 0.15) is 25.8 Å². The second-order valence-electron chi connectivity index (χ2n) is 4.29. The Morgan fingerprint density at radius 3 is 2.37 bits per heavy atom. The molecule has 2 N–H and O–H groups in total. The van der Waals surface area contributed by atoms with Crippen LogP contribution in [0, 0.1) is 0 Å². The Bertz CT molecular complexity index is 445. The van der Waals surface area contributed by atoms with E-state index < -0.39 is 0 Å². The number of esters is 1. The van der Waals surface area contributed by atoms with Gasteiger partial charge in [-0.15, -0.1) is 0 Å². The number of carbonyl (C=O) groups is 1. The van der Waals surface area contributed by atoms with E-state index in [1.165, 1.54) is 14.2 Å². The summed E-state index contributed by atoms with van der Waals surface area (Å²) in [6.45, 7) is 3.82. The highest BCUT2D eigenvalue weighted by atomic mass is 16.5. The summed E-state index contributed by atoms with van der Waals surface area (Å²) in [7, 11) is 3.07. The summed E-state index contributed by atoms with van der Waals surface area (Å²) >= 11 is 0. The van der Waals surface area contributed by atoms with Gasteiger partial charge in [-0.25, -0.2) is 0 Å². The molecule has 0 aliphatic carbocycles. The predicted octanol–water partition coefficient (Wildman–Crippen LogP) is 2.17. The van der Waals surface area contributed by atoms with Crippen LogP contribution in [0.25, 0.3) is 0 Å². The van der Waals surface area contributed by atoms with E-state index in [9.17, 15) is 4.79 Å². The molecule has 0 radical (unpaired) electrons. The summed E-state index contributed by atoms with van der Waals surface area (Å²) in [4.78, 5) is 11.7. The molecule has 0 spiro atoms. The van der Waals surface area contributed by atoms with Gasteiger partial charge in [0.1, 0.15) is 0 Å². The number of anilines is 1. The third-order valence-electron chi connectivity index (χ3n) is 2.89. The molecule has 0 amide bonds. The van der Waals surface area contributed by atoms with Crippen LogP contribution in [0.4, 0.5) is 5.69 Å². The lowest BCUT2D eigenvalue weighted by Gasteiger charge is -2.14. The van der Waals surface area contributed by atoms with E-state index in [2.05, 4.69) is 0 Å². The Balaban J connectivity index is 2.86. The summed E-state index contributed by atoms with van der Waals surface area (Å²) in [5, 5.41) is 0. The van der Waals surface area contributed by atoms with Crippen molar-refractivity contribution in [1.82, 2.24) is 0 Å². The minimum absolute atomic E-state index is 0.0890. The van der Waals surface area contributed by atoms with Gasteiger partial charge in [0.05, 0.1) is 26.7 Å². The number of nitrogens with two attached hydrogens (primary N) is 1. The molecule has 19 heavy (non-hydrogen) atoms. The molecule has 0 heterocycles. The number of benzene rings is 1. The highest BCUT2D eigenvalue weighted by molar-refractivity contribution is 5.76. The van der Waals surface area contributed by atoms with Crippen LogP contribution < -0.4 is 15.2 Å². The van der Waals surface area contributed by atoms with Gasteiger partial charge in [-0.05, 0) is 25.0 Å². The third kappa shape index (κ3) is 4.05. The van der Waals surface area contributed by atoms with Gasteiger partial charge in [-0.1, -0.05) is 6.92 Å². The van der Waals surface area contributed by atoms with Gasteiger partial charge >= 0.3 is 5.97 Å². The minimum Gasteiger partial charge on any atom is -0.493 e. The van der Waals surface area contributed by atoms with Crippen molar-refractivity contribution in [2.75, 3.05) is 20.0 Å². The highest BCUT2D eigenvalue weighted by Gasteiger charge is 2.14. The molecule has 1 atom stereocenters. The van der Waals surface area contributed by atoms with Crippen LogP contribution in [0.15, 0.2) is 12.1 Å². The van der Waals surface area contributed by atoms with Crippen molar-refractivity contribution in [2.45, 2.75) is 32.8 Å². The molecule has 0 aromatic heterocycles. The molecular formula is C14H21NO4. The Kier molecular flexibility index (Phi) is 5.48. The topological polar surface area (TPSA) is 70.8 Å². The maximum absolute atomic E-state index is 11.7. The molecule has 5 heteroatoms. The van der Waals surface area contributed by atoms with E-state index in [4.69, 9.17) is 19.9 Å². The van der Waals surface area contributed by atoms with Gasteiger partial charge in [-0.2, -0.15) is 0 Å². The number of nitrogen functional groups attached to an aromatic ring is 1. The summed E-state index contributed by atoms with van der Waals surface area (Å²) in [5.41, 5.74) is 7.05. The molecule has 0 aliphatic heterocycles. The summed E-state index contributed by atoms with van der Waals surface area (Å²) < 4.78 is 15.5. The first-order valence-electron chi connectivity index (χ1n) is 6.21. The van der Waals surface area contributed by atoms with Gasteiger partial charge in [0, 0.05) is 11.8 Å². The molecule has 0 fully saturated rings. The lowest BCUT2D eigenvalue weighted by atomic mass is 10.1. The van der Waals surface area contributed by atoms with Crippen molar-refractivity contribution in [3.05, 3.63) is 17.7 Å². The van der Waals surface area contributed by atoms with E-state index in [1.807, 2.05) is 13.8 Å². The second kappa shape index (κ2) is 6.87. The first-order chi connectivity index (χ1) is 9.01. The largest absolute Gasteiger partial charge is 0.493 e. The number of hydrogen-bond acceptors (Lipinski definition) is 5. The Hall–Kier alpha value is -1.91. The smallest absolute Gasteiger partial charge is 0.310 e. The molecule has 0 unspecified atom stereocenters. The van der Waals surface area contributed by atoms with E-state index >= 15 is 0 Å². The number of hydrogen-bond donors (Lipinski definition) is 1. The van der Waals surface area contributed by atoms with Gasteiger partial charge in [-0.3, -0.25) is 4.79 Å². The van der Waals surface area contributed by atoms with Crippen LogP contribution in [0.5, 0.6) is 11.5 Å². The average molecular weight is 267 g/mol. The standard InChI is InChI=1S/C14H21NO4/c1-5-9(2)19-14(16)7-10-6-12(17-3)13(18-4)8-11(10)15/h6,8-9H,5,7,15H2,1-4H3/t9-/m1/s1. The SMILES string of the molecule is CC[C@@H](C)OC(=O)Cc1cc(OC)c(OC)cc1N. The van der Waals surface area contributed by atoms with E-state index in [-0.39, 0.29) is 18.5 Å². The van der Waals surface area contributed by atoms with Crippen molar-refractivity contribution in [3.8, 4) is 11.5 Å². The van der Waals surface area contributed by atoms with Gasteiger partial charge in [0.2, 0.25) is 0 Å². The number of rotatable bonds is 6. The third-order valence-corrected chi connectivity index (χ3v) is 2.89. The molecule has 0 saturated heterocycles. The lowest BCUT2D eigenvalue weighted by Crippen LogP contribution is -2.16. The first kappa shape index (κ1) is 15.1. The minimum atomic E-state index is -0.298. The maximum atomic E-state index is 11.7.